The van der Waals surface area contributed by atoms with Gasteiger partial charge in [0.2, 0.25) is 5.88 Å². The smallest absolute Gasteiger partial charge is 0.417 e. The van der Waals surface area contributed by atoms with Crippen LogP contribution in [0.15, 0.2) is 47.4 Å². The first-order valence-corrected chi connectivity index (χ1v) is 15.6. The lowest BCUT2D eigenvalue weighted by Gasteiger charge is -2.38. The molecular formula is C32H32F6N4O5S. The molecule has 5 rings (SSSR count). The van der Waals surface area contributed by atoms with Gasteiger partial charge in [0.1, 0.15) is 10.5 Å². The quantitative estimate of drug-likeness (QED) is 0.135. The molecule has 48 heavy (non-hydrogen) atoms. The van der Waals surface area contributed by atoms with Crippen molar-refractivity contribution < 1.29 is 45.7 Å². The number of aromatic hydroxyl groups is 1. The molecule has 1 saturated heterocycles. The molecule has 1 fully saturated rings. The number of halogens is 6. The summed E-state index contributed by atoms with van der Waals surface area (Å²) in [5, 5.41) is 21.6. The predicted octanol–water partition coefficient (Wildman–Crippen LogP) is 7.58. The zero-order valence-corrected chi connectivity index (χ0v) is 26.8. The van der Waals surface area contributed by atoms with Crippen LogP contribution in [0.25, 0.3) is 22.6 Å². The summed E-state index contributed by atoms with van der Waals surface area (Å²) in [6.45, 7) is 5.70. The number of alkyl halides is 6. The standard InChI is InChI=1S/C32H32F6N4O5S/c1-29(2,3)47-27(44)40-30(9-12-46-13-10-30)8-11-42-26(43)25(48-28(42)45)22(18-5-7-24-20(14-18)17-39-41-24)15-19-4-6-21(31(33,34)35)16-23(19)32(36,37)38/h4-7,14-17,43H,8-13H2,1-3H3,(H,39,41)(H,40,44). The Labute approximate surface area is 274 Å². The summed E-state index contributed by atoms with van der Waals surface area (Å²) < 4.78 is 94.4. The van der Waals surface area contributed by atoms with Crippen LogP contribution in [-0.2, 0) is 28.4 Å². The minimum absolute atomic E-state index is 0.0290. The molecule has 2 aromatic heterocycles. The highest BCUT2D eigenvalue weighted by Gasteiger charge is 2.39. The first-order valence-electron chi connectivity index (χ1n) is 14.8. The highest BCUT2D eigenvalue weighted by atomic mass is 32.1. The molecule has 258 valence electrons. The summed E-state index contributed by atoms with van der Waals surface area (Å²) in [6, 6.07) is 5.96. The number of rotatable bonds is 7. The molecule has 1 amide bonds. The van der Waals surface area contributed by atoms with Crippen LogP contribution in [0.2, 0.25) is 0 Å². The fourth-order valence-electron chi connectivity index (χ4n) is 5.46. The first kappa shape index (κ1) is 35.0. The number of benzene rings is 2. The second-order valence-electron chi connectivity index (χ2n) is 12.5. The molecule has 0 spiro atoms. The van der Waals surface area contributed by atoms with Gasteiger partial charge in [-0.05, 0) is 81.5 Å². The molecule has 0 bridgehead atoms. The molecule has 2 aromatic carbocycles. The molecular weight excluding hydrogens is 666 g/mol. The summed E-state index contributed by atoms with van der Waals surface area (Å²) >= 11 is 0.566. The number of H-pyrrole nitrogens is 1. The molecule has 0 saturated carbocycles. The number of aromatic amines is 1. The van der Waals surface area contributed by atoms with E-state index in [0.717, 1.165) is 10.6 Å². The summed E-state index contributed by atoms with van der Waals surface area (Å²) in [4.78, 5) is 25.3. The fourth-order valence-corrected chi connectivity index (χ4v) is 6.42. The van der Waals surface area contributed by atoms with Crippen molar-refractivity contribution in [2.24, 2.45) is 0 Å². The van der Waals surface area contributed by atoms with Gasteiger partial charge in [-0.1, -0.05) is 23.5 Å². The zero-order chi connectivity index (χ0) is 35.1. The Hall–Kier alpha value is -4.31. The van der Waals surface area contributed by atoms with Crippen LogP contribution < -0.4 is 10.2 Å². The van der Waals surface area contributed by atoms with Crippen molar-refractivity contribution in [3.8, 4) is 5.88 Å². The third-order valence-electron chi connectivity index (χ3n) is 7.88. The maximum absolute atomic E-state index is 14.1. The lowest BCUT2D eigenvalue weighted by atomic mass is 9.86. The highest BCUT2D eigenvalue weighted by Crippen LogP contribution is 2.41. The predicted molar refractivity (Wildman–Crippen MR) is 167 cm³/mol. The summed E-state index contributed by atoms with van der Waals surface area (Å²) in [7, 11) is 0. The van der Waals surface area contributed by atoms with Gasteiger partial charge in [-0.2, -0.15) is 31.4 Å². The van der Waals surface area contributed by atoms with Gasteiger partial charge in [-0.15, -0.1) is 0 Å². The van der Waals surface area contributed by atoms with Gasteiger partial charge in [0.15, 0.2) is 0 Å². The lowest BCUT2D eigenvalue weighted by molar-refractivity contribution is -0.143. The van der Waals surface area contributed by atoms with Crippen molar-refractivity contribution in [2.75, 3.05) is 13.2 Å². The van der Waals surface area contributed by atoms with E-state index in [1.165, 1.54) is 12.3 Å². The van der Waals surface area contributed by atoms with E-state index in [9.17, 15) is 41.0 Å². The molecule has 0 atom stereocenters. The minimum Gasteiger partial charge on any atom is -0.493 e. The lowest BCUT2D eigenvalue weighted by Crippen LogP contribution is -2.53. The SMILES string of the molecule is CC(C)(C)OC(=O)NC1(CCn2c(O)c(C(=Cc3ccc(C(F)(F)F)cc3C(F)(F)F)c3ccc4[nH]ncc4c3)sc2=O)CCOCC1. The Bertz CT molecular complexity index is 1900. The van der Waals surface area contributed by atoms with Crippen molar-refractivity contribution in [3.05, 3.63) is 79.4 Å². The molecule has 4 aromatic rings. The number of carbonyl (C=O) groups excluding carboxylic acids is 1. The number of fused-ring (bicyclic) bond motifs is 1. The molecule has 0 aliphatic carbocycles. The van der Waals surface area contributed by atoms with Gasteiger partial charge >= 0.3 is 23.3 Å². The van der Waals surface area contributed by atoms with Gasteiger partial charge in [0.25, 0.3) is 0 Å². The fraction of sp³-hybridized carbons (Fsp3) is 0.406. The van der Waals surface area contributed by atoms with Gasteiger partial charge in [-0.25, -0.2) is 4.79 Å². The Balaban J connectivity index is 1.58. The zero-order valence-electron chi connectivity index (χ0n) is 26.0. The summed E-state index contributed by atoms with van der Waals surface area (Å²) in [5.74, 6) is -0.552. The Morgan fingerprint density at radius 2 is 1.81 bits per heavy atom. The number of nitrogens with zero attached hydrogens (tertiary/aromatic N) is 2. The number of nitrogens with one attached hydrogen (secondary N) is 2. The number of alkyl carbamates (subject to hydrolysis) is 1. The van der Waals surface area contributed by atoms with Crippen LogP contribution >= 0.6 is 11.3 Å². The molecule has 0 unspecified atom stereocenters. The molecule has 9 nitrogen and oxygen atoms in total. The van der Waals surface area contributed by atoms with E-state index in [4.69, 9.17) is 9.47 Å². The first-order chi connectivity index (χ1) is 22.4. The van der Waals surface area contributed by atoms with Crippen molar-refractivity contribution in [1.29, 1.82) is 0 Å². The number of hydrogen-bond donors (Lipinski definition) is 3. The summed E-state index contributed by atoms with van der Waals surface area (Å²) in [6.07, 6.45) is -7.41. The van der Waals surface area contributed by atoms with Crippen molar-refractivity contribution in [3.63, 3.8) is 0 Å². The average Bonchev–Trinajstić information content (AvgIpc) is 3.56. The van der Waals surface area contributed by atoms with Gasteiger partial charge in [0.05, 0.1) is 22.8 Å². The van der Waals surface area contributed by atoms with Crippen LogP contribution in [-0.4, -0.2) is 50.3 Å². The second-order valence-corrected chi connectivity index (χ2v) is 13.4. The normalized spacial score (nSPS) is 15.9. The molecule has 3 heterocycles. The van der Waals surface area contributed by atoms with E-state index < -0.39 is 57.0 Å². The van der Waals surface area contributed by atoms with Gasteiger partial charge in [-0.3, -0.25) is 14.5 Å². The second kappa shape index (κ2) is 13.0. The van der Waals surface area contributed by atoms with Crippen molar-refractivity contribution in [1.82, 2.24) is 20.1 Å². The van der Waals surface area contributed by atoms with E-state index >= 15 is 0 Å². The maximum atomic E-state index is 14.1. The van der Waals surface area contributed by atoms with Gasteiger partial charge in [0, 0.05) is 36.3 Å². The molecule has 1 aliphatic rings. The Morgan fingerprint density at radius 3 is 2.46 bits per heavy atom. The number of ether oxygens (including phenoxy) is 2. The van der Waals surface area contributed by atoms with Crippen LogP contribution in [0.3, 0.4) is 0 Å². The van der Waals surface area contributed by atoms with E-state index in [0.29, 0.717) is 60.4 Å². The molecule has 3 N–H and O–H groups in total. The van der Waals surface area contributed by atoms with E-state index in [-0.39, 0.29) is 35.0 Å². The minimum atomic E-state index is -5.16. The monoisotopic (exact) mass is 698 g/mol. The molecule has 1 aliphatic heterocycles. The van der Waals surface area contributed by atoms with Crippen LogP contribution in [0.1, 0.15) is 67.2 Å². The number of carbonyl (C=O) groups is 1. The number of aromatic nitrogens is 3. The van der Waals surface area contributed by atoms with Gasteiger partial charge < -0.3 is 19.9 Å². The Morgan fingerprint density at radius 1 is 1.10 bits per heavy atom. The van der Waals surface area contributed by atoms with E-state index in [1.54, 1.807) is 32.9 Å². The number of hydrogen-bond acceptors (Lipinski definition) is 7. The molecule has 0 radical (unpaired) electrons. The average molecular weight is 699 g/mol. The topological polar surface area (TPSA) is 118 Å². The van der Waals surface area contributed by atoms with Crippen LogP contribution in [0, 0.1) is 0 Å². The van der Waals surface area contributed by atoms with Crippen molar-refractivity contribution in [2.45, 2.75) is 70.1 Å². The number of amides is 1. The summed E-state index contributed by atoms with van der Waals surface area (Å²) in [5.41, 5.74) is -4.40. The third-order valence-corrected chi connectivity index (χ3v) is 8.88. The van der Waals surface area contributed by atoms with Crippen LogP contribution in [0.4, 0.5) is 31.1 Å². The highest BCUT2D eigenvalue weighted by molar-refractivity contribution is 7.11. The third kappa shape index (κ3) is 7.86. The largest absolute Gasteiger partial charge is 0.493 e. The number of thiazole rings is 1. The van der Waals surface area contributed by atoms with E-state index in [1.807, 2.05) is 0 Å². The maximum Gasteiger partial charge on any atom is 0.417 e. The van der Waals surface area contributed by atoms with E-state index in [2.05, 4.69) is 15.5 Å². The Kier molecular flexibility index (Phi) is 9.45. The van der Waals surface area contributed by atoms with Crippen molar-refractivity contribution >= 4 is 40.0 Å². The molecule has 16 heteroatoms. The van der Waals surface area contributed by atoms with Crippen LogP contribution in [0.5, 0.6) is 5.88 Å².